The van der Waals surface area contributed by atoms with Crippen LogP contribution in [0.1, 0.15) is 64.7 Å². The number of unbranched alkanes of at least 4 members (excludes halogenated alkanes) is 7. The lowest BCUT2D eigenvalue weighted by Gasteiger charge is -2.04. The first-order valence-electron chi connectivity index (χ1n) is 6.06. The van der Waals surface area contributed by atoms with E-state index in [2.05, 4.69) is 6.92 Å². The van der Waals surface area contributed by atoms with E-state index >= 15 is 0 Å². The summed E-state index contributed by atoms with van der Waals surface area (Å²) in [6.45, 7) is 1.91. The first-order valence-corrected chi connectivity index (χ1v) is 6.06. The zero-order valence-corrected chi connectivity index (χ0v) is 9.47. The van der Waals surface area contributed by atoms with Crippen molar-refractivity contribution in [3.63, 3.8) is 0 Å². The smallest absolute Gasteiger partial charge is 0.123 e. The Bertz CT molecular complexity index is 106. The van der Waals surface area contributed by atoms with Crippen LogP contribution in [0, 0.1) is 0 Å². The molecule has 86 valence electrons. The Morgan fingerprint density at radius 1 is 0.929 bits per heavy atom. The molecule has 0 heterocycles. The molecule has 0 rings (SSSR count). The molecule has 14 heavy (non-hydrogen) atoms. The van der Waals surface area contributed by atoms with Crippen LogP contribution in [0.4, 0.5) is 4.39 Å². The average molecular weight is 204 g/mol. The van der Waals surface area contributed by atoms with Gasteiger partial charge >= 0.3 is 0 Å². The Labute approximate surface area is 87.7 Å². The number of aliphatic hydroxyl groups excluding tert-OH is 1. The fraction of sp³-hybridized carbons (Fsp3) is 1.00. The minimum Gasteiger partial charge on any atom is -0.393 e. The molecule has 0 amide bonds. The minimum absolute atomic E-state index is 0.309. The van der Waals surface area contributed by atoms with E-state index in [9.17, 15) is 4.39 Å². The van der Waals surface area contributed by atoms with E-state index in [1.165, 1.54) is 38.5 Å². The third-order valence-electron chi connectivity index (χ3n) is 2.57. The Balaban J connectivity index is 2.92. The third-order valence-corrected chi connectivity index (χ3v) is 2.57. The van der Waals surface area contributed by atoms with Crippen LogP contribution in [-0.4, -0.2) is 17.9 Å². The molecule has 0 aliphatic rings. The molecule has 0 radical (unpaired) electrons. The van der Waals surface area contributed by atoms with Crippen molar-refractivity contribution in [3.8, 4) is 0 Å². The van der Waals surface area contributed by atoms with Gasteiger partial charge < -0.3 is 5.11 Å². The van der Waals surface area contributed by atoms with Crippen LogP contribution in [0.25, 0.3) is 0 Å². The van der Waals surface area contributed by atoms with E-state index in [1.807, 2.05) is 0 Å². The highest BCUT2D eigenvalue weighted by molar-refractivity contribution is 4.54. The normalized spacial score (nSPS) is 13.1. The van der Waals surface area contributed by atoms with E-state index in [0.29, 0.717) is 6.42 Å². The van der Waals surface area contributed by atoms with Gasteiger partial charge in [0, 0.05) is 0 Å². The SMILES string of the molecule is CCCCCCCCCC[C@H](F)CO. The zero-order valence-electron chi connectivity index (χ0n) is 9.47. The Kier molecular flexibility index (Phi) is 10.9. The fourth-order valence-corrected chi connectivity index (χ4v) is 1.59. The van der Waals surface area contributed by atoms with Gasteiger partial charge in [0.1, 0.15) is 6.17 Å². The first kappa shape index (κ1) is 13.9. The van der Waals surface area contributed by atoms with Crippen LogP contribution in [-0.2, 0) is 0 Å². The second kappa shape index (κ2) is 11.0. The maximum absolute atomic E-state index is 12.6. The van der Waals surface area contributed by atoms with Crippen molar-refractivity contribution in [2.75, 3.05) is 6.61 Å². The minimum atomic E-state index is -0.991. The summed E-state index contributed by atoms with van der Waals surface area (Å²) in [5.41, 5.74) is 0. The summed E-state index contributed by atoms with van der Waals surface area (Å²) in [4.78, 5) is 0. The molecule has 0 unspecified atom stereocenters. The Morgan fingerprint density at radius 2 is 1.43 bits per heavy atom. The molecule has 1 N–H and O–H groups in total. The van der Waals surface area contributed by atoms with Gasteiger partial charge in [-0.2, -0.15) is 0 Å². The van der Waals surface area contributed by atoms with Gasteiger partial charge in [0.15, 0.2) is 0 Å². The summed E-state index contributed by atoms with van der Waals surface area (Å²) >= 11 is 0. The summed E-state index contributed by atoms with van der Waals surface area (Å²) in [6.07, 6.45) is 9.41. The van der Waals surface area contributed by atoms with Crippen LogP contribution in [0.15, 0.2) is 0 Å². The van der Waals surface area contributed by atoms with E-state index in [0.717, 1.165) is 12.8 Å². The largest absolute Gasteiger partial charge is 0.393 e. The van der Waals surface area contributed by atoms with E-state index in [-0.39, 0.29) is 6.61 Å². The lowest BCUT2D eigenvalue weighted by molar-refractivity contribution is 0.167. The molecule has 0 saturated carbocycles. The van der Waals surface area contributed by atoms with Gasteiger partial charge in [0.05, 0.1) is 6.61 Å². The van der Waals surface area contributed by atoms with Crippen LogP contribution in [0.5, 0.6) is 0 Å². The van der Waals surface area contributed by atoms with Crippen molar-refractivity contribution in [2.45, 2.75) is 70.9 Å². The van der Waals surface area contributed by atoms with Gasteiger partial charge in [-0.15, -0.1) is 0 Å². The molecule has 2 heteroatoms. The van der Waals surface area contributed by atoms with E-state index < -0.39 is 6.17 Å². The molecule has 1 nitrogen and oxygen atoms in total. The Hall–Kier alpha value is -0.110. The highest BCUT2D eigenvalue weighted by Gasteiger charge is 2.02. The highest BCUT2D eigenvalue weighted by Crippen LogP contribution is 2.11. The predicted molar refractivity (Wildman–Crippen MR) is 59.2 cm³/mol. The van der Waals surface area contributed by atoms with Crippen molar-refractivity contribution in [3.05, 3.63) is 0 Å². The number of hydrogen-bond donors (Lipinski definition) is 1. The number of rotatable bonds is 10. The number of aliphatic hydroxyl groups is 1. The zero-order chi connectivity index (χ0) is 10.6. The standard InChI is InChI=1S/C12H25FO/c1-2-3-4-5-6-7-8-9-10-12(13)11-14/h12,14H,2-11H2,1H3/t12-/m0/s1. The van der Waals surface area contributed by atoms with Crippen LogP contribution >= 0.6 is 0 Å². The number of hydrogen-bond acceptors (Lipinski definition) is 1. The van der Waals surface area contributed by atoms with Gasteiger partial charge in [0.25, 0.3) is 0 Å². The quantitative estimate of drug-likeness (QED) is 0.536. The molecule has 1 atom stereocenters. The van der Waals surface area contributed by atoms with Gasteiger partial charge in [-0.1, -0.05) is 58.3 Å². The highest BCUT2D eigenvalue weighted by atomic mass is 19.1. The monoisotopic (exact) mass is 204 g/mol. The maximum Gasteiger partial charge on any atom is 0.123 e. The van der Waals surface area contributed by atoms with Crippen molar-refractivity contribution in [2.24, 2.45) is 0 Å². The van der Waals surface area contributed by atoms with Crippen molar-refractivity contribution in [1.29, 1.82) is 0 Å². The lowest BCUT2D eigenvalue weighted by atomic mass is 10.1. The van der Waals surface area contributed by atoms with Crippen molar-refractivity contribution >= 4 is 0 Å². The van der Waals surface area contributed by atoms with E-state index in [1.54, 1.807) is 0 Å². The maximum atomic E-state index is 12.6. The molecule has 0 aromatic rings. The summed E-state index contributed by atoms with van der Waals surface area (Å²) in [7, 11) is 0. The second-order valence-electron chi connectivity index (χ2n) is 4.04. The van der Waals surface area contributed by atoms with Gasteiger partial charge in [-0.05, 0) is 6.42 Å². The molecule has 0 spiro atoms. The number of halogens is 1. The molecule has 0 aliphatic heterocycles. The first-order chi connectivity index (χ1) is 6.81. The molecule has 0 aromatic carbocycles. The summed E-state index contributed by atoms with van der Waals surface area (Å²) in [5.74, 6) is 0. The van der Waals surface area contributed by atoms with Gasteiger partial charge in [-0.25, -0.2) is 4.39 Å². The van der Waals surface area contributed by atoms with Crippen LogP contribution in [0.2, 0.25) is 0 Å². The van der Waals surface area contributed by atoms with Gasteiger partial charge in [0.2, 0.25) is 0 Å². The molecule has 0 aromatic heterocycles. The molecule has 0 saturated heterocycles. The van der Waals surface area contributed by atoms with Crippen LogP contribution < -0.4 is 0 Å². The van der Waals surface area contributed by atoms with E-state index in [4.69, 9.17) is 5.11 Å². The Morgan fingerprint density at radius 3 is 1.93 bits per heavy atom. The number of alkyl halides is 1. The molecule has 0 fully saturated rings. The topological polar surface area (TPSA) is 20.2 Å². The predicted octanol–water partition coefficient (Wildman–Crippen LogP) is 3.85. The average Bonchev–Trinajstić information content (AvgIpc) is 2.21. The van der Waals surface area contributed by atoms with Crippen molar-refractivity contribution < 1.29 is 9.50 Å². The van der Waals surface area contributed by atoms with Crippen molar-refractivity contribution in [1.82, 2.24) is 0 Å². The lowest BCUT2D eigenvalue weighted by Crippen LogP contribution is -2.04. The summed E-state index contributed by atoms with van der Waals surface area (Å²) in [6, 6.07) is 0. The van der Waals surface area contributed by atoms with Crippen LogP contribution in [0.3, 0.4) is 0 Å². The summed E-state index contributed by atoms with van der Waals surface area (Å²) in [5, 5.41) is 8.46. The fourth-order valence-electron chi connectivity index (χ4n) is 1.59. The molecular weight excluding hydrogens is 179 g/mol. The molecule has 0 bridgehead atoms. The van der Waals surface area contributed by atoms with Gasteiger partial charge in [-0.3, -0.25) is 0 Å². The second-order valence-corrected chi connectivity index (χ2v) is 4.04. The summed E-state index contributed by atoms with van der Waals surface area (Å²) < 4.78 is 12.6. The molecule has 0 aliphatic carbocycles. The molecular formula is C12H25FO. The third kappa shape index (κ3) is 9.97.